The van der Waals surface area contributed by atoms with Gasteiger partial charge in [0.05, 0.1) is 10.7 Å². The first-order valence-electron chi connectivity index (χ1n) is 4.93. The van der Waals surface area contributed by atoms with Gasteiger partial charge in [-0.1, -0.05) is 0 Å². The van der Waals surface area contributed by atoms with Crippen LogP contribution in [0, 0.1) is 0 Å². The molecular weight excluding hydrogens is 260 g/mol. The predicted molar refractivity (Wildman–Crippen MR) is 59.1 cm³/mol. The van der Waals surface area contributed by atoms with Crippen LogP contribution in [0.2, 0.25) is 0 Å². The van der Waals surface area contributed by atoms with Gasteiger partial charge in [-0.3, -0.25) is 4.79 Å². The molecule has 0 aromatic carbocycles. The van der Waals surface area contributed by atoms with Crippen LogP contribution < -0.4 is 5.73 Å². The van der Waals surface area contributed by atoms with Gasteiger partial charge in [-0.05, 0) is 28.9 Å². The first-order valence-corrected chi connectivity index (χ1v) is 5.72. The molecule has 15 heavy (non-hydrogen) atoms. The second-order valence-corrected chi connectivity index (χ2v) is 4.48. The molecule has 1 aliphatic heterocycles. The lowest BCUT2D eigenvalue weighted by atomic mass is 10.1. The van der Waals surface area contributed by atoms with Crippen molar-refractivity contribution >= 4 is 21.8 Å². The fourth-order valence-corrected chi connectivity index (χ4v) is 2.48. The predicted octanol–water partition coefficient (Wildman–Crippen LogP) is 1.66. The second-order valence-electron chi connectivity index (χ2n) is 3.63. The highest BCUT2D eigenvalue weighted by Crippen LogP contribution is 2.36. The van der Waals surface area contributed by atoms with Crippen molar-refractivity contribution in [3.8, 4) is 0 Å². The molecule has 2 N–H and O–H groups in total. The van der Waals surface area contributed by atoms with Gasteiger partial charge in [-0.2, -0.15) is 0 Å². The smallest absolute Gasteiger partial charge is 0.224 e. The summed E-state index contributed by atoms with van der Waals surface area (Å²) >= 11 is 3.39. The van der Waals surface area contributed by atoms with Gasteiger partial charge >= 0.3 is 0 Å². The average Bonchev–Trinajstić information content (AvgIpc) is 2.70. The van der Waals surface area contributed by atoms with Crippen LogP contribution in [0.1, 0.15) is 25.1 Å². The lowest BCUT2D eigenvalue weighted by molar-refractivity contribution is -0.129. The highest BCUT2D eigenvalue weighted by Gasteiger charge is 2.40. The Balaban J connectivity index is 2.35. The number of nitrogens with two attached hydrogens (primary N) is 1. The number of likely N-dealkylation sites (N-methyl/N-ethyl adjacent to an activating group) is 1. The van der Waals surface area contributed by atoms with Crippen molar-refractivity contribution in [3.63, 3.8) is 0 Å². The fraction of sp³-hybridized carbons (Fsp3) is 0.500. The Bertz CT molecular complexity index is 377. The Hall–Kier alpha value is -0.810. The Morgan fingerprint density at radius 1 is 1.73 bits per heavy atom. The van der Waals surface area contributed by atoms with Gasteiger partial charge in [-0.15, -0.1) is 0 Å². The van der Waals surface area contributed by atoms with Crippen LogP contribution in [0.15, 0.2) is 21.2 Å². The molecule has 2 atom stereocenters. The van der Waals surface area contributed by atoms with Crippen molar-refractivity contribution < 1.29 is 9.21 Å². The third-order valence-corrected chi connectivity index (χ3v) is 3.38. The monoisotopic (exact) mass is 272 g/mol. The summed E-state index contributed by atoms with van der Waals surface area (Å²) in [6.07, 6.45) is 1.99. The number of likely N-dealkylation sites (tertiary alicyclic amines) is 1. The quantitative estimate of drug-likeness (QED) is 0.891. The van der Waals surface area contributed by atoms with Crippen molar-refractivity contribution in [1.82, 2.24) is 4.90 Å². The molecule has 2 unspecified atom stereocenters. The minimum atomic E-state index is -0.181. The summed E-state index contributed by atoms with van der Waals surface area (Å²) in [5.41, 5.74) is 5.95. The molecule has 0 bridgehead atoms. The third-order valence-electron chi connectivity index (χ3n) is 2.73. The standard InChI is InChI=1S/C10H13BrN2O2/c1-2-13-8(14)5-7(12)9(13)10-6(11)3-4-15-10/h3-4,7,9H,2,5,12H2,1H3. The molecule has 0 saturated carbocycles. The van der Waals surface area contributed by atoms with E-state index >= 15 is 0 Å². The van der Waals surface area contributed by atoms with Crippen molar-refractivity contribution in [2.75, 3.05) is 6.54 Å². The van der Waals surface area contributed by atoms with E-state index in [1.54, 1.807) is 11.2 Å². The Morgan fingerprint density at radius 3 is 3.00 bits per heavy atom. The minimum absolute atomic E-state index is 0.0956. The second kappa shape index (κ2) is 3.98. The van der Waals surface area contributed by atoms with Gasteiger partial charge in [0.15, 0.2) is 0 Å². The van der Waals surface area contributed by atoms with E-state index in [1.165, 1.54) is 0 Å². The molecule has 1 amide bonds. The zero-order chi connectivity index (χ0) is 11.0. The zero-order valence-corrected chi connectivity index (χ0v) is 10.0. The van der Waals surface area contributed by atoms with E-state index in [-0.39, 0.29) is 18.0 Å². The van der Waals surface area contributed by atoms with Gasteiger partial charge in [0.2, 0.25) is 5.91 Å². The summed E-state index contributed by atoms with van der Waals surface area (Å²) < 4.78 is 6.25. The molecule has 2 rings (SSSR count). The summed E-state index contributed by atoms with van der Waals surface area (Å²) in [5.74, 6) is 0.841. The van der Waals surface area contributed by atoms with Crippen LogP contribution in [0.4, 0.5) is 0 Å². The van der Waals surface area contributed by atoms with E-state index in [0.29, 0.717) is 13.0 Å². The highest BCUT2D eigenvalue weighted by atomic mass is 79.9. The molecule has 0 radical (unpaired) electrons. The highest BCUT2D eigenvalue weighted by molar-refractivity contribution is 9.10. The maximum Gasteiger partial charge on any atom is 0.224 e. The van der Waals surface area contributed by atoms with Crippen LogP contribution in [0.25, 0.3) is 0 Å². The largest absolute Gasteiger partial charge is 0.466 e. The maximum atomic E-state index is 11.6. The van der Waals surface area contributed by atoms with Gasteiger partial charge in [0.1, 0.15) is 11.8 Å². The number of carbonyl (C=O) groups excluding carboxylic acids is 1. The Kier molecular flexibility index (Phi) is 2.84. The number of carbonyl (C=O) groups is 1. The molecule has 0 aliphatic carbocycles. The lowest BCUT2D eigenvalue weighted by Crippen LogP contribution is -2.32. The fourth-order valence-electron chi connectivity index (χ4n) is 2.04. The molecule has 1 aliphatic rings. The molecule has 1 saturated heterocycles. The molecule has 1 fully saturated rings. The number of furan rings is 1. The molecule has 82 valence electrons. The Labute approximate surface area is 96.5 Å². The van der Waals surface area contributed by atoms with Crippen molar-refractivity contribution in [2.45, 2.75) is 25.4 Å². The summed E-state index contributed by atoms with van der Waals surface area (Å²) in [4.78, 5) is 13.4. The first kappa shape index (κ1) is 10.7. The van der Waals surface area contributed by atoms with Crippen LogP contribution in [-0.2, 0) is 4.79 Å². The van der Waals surface area contributed by atoms with E-state index in [9.17, 15) is 4.79 Å². The number of hydrogen-bond acceptors (Lipinski definition) is 3. The first-order chi connectivity index (χ1) is 7.15. The summed E-state index contributed by atoms with van der Waals surface area (Å²) in [6.45, 7) is 2.60. The van der Waals surface area contributed by atoms with Crippen LogP contribution in [0.5, 0.6) is 0 Å². The van der Waals surface area contributed by atoms with Gasteiger partial charge in [0.25, 0.3) is 0 Å². The molecule has 1 aromatic heterocycles. The van der Waals surface area contributed by atoms with E-state index in [2.05, 4.69) is 15.9 Å². The summed E-state index contributed by atoms with van der Waals surface area (Å²) in [7, 11) is 0. The SMILES string of the molecule is CCN1C(=O)CC(N)C1c1occc1Br. The van der Waals surface area contributed by atoms with E-state index in [4.69, 9.17) is 10.2 Å². The van der Waals surface area contributed by atoms with Crippen molar-refractivity contribution in [2.24, 2.45) is 5.73 Å². The number of amides is 1. The third kappa shape index (κ3) is 1.70. The zero-order valence-electron chi connectivity index (χ0n) is 8.44. The topological polar surface area (TPSA) is 59.5 Å². The molecule has 2 heterocycles. The molecular formula is C10H13BrN2O2. The van der Waals surface area contributed by atoms with Crippen LogP contribution >= 0.6 is 15.9 Å². The Morgan fingerprint density at radius 2 is 2.47 bits per heavy atom. The molecule has 4 nitrogen and oxygen atoms in total. The number of hydrogen-bond donors (Lipinski definition) is 1. The van der Waals surface area contributed by atoms with Gasteiger partial charge in [0, 0.05) is 19.0 Å². The molecule has 0 spiro atoms. The number of nitrogens with zero attached hydrogens (tertiary/aromatic N) is 1. The number of halogens is 1. The molecule has 1 aromatic rings. The normalized spacial score (nSPS) is 26.3. The van der Waals surface area contributed by atoms with Crippen LogP contribution in [0.3, 0.4) is 0 Å². The van der Waals surface area contributed by atoms with E-state index in [1.807, 2.05) is 13.0 Å². The maximum absolute atomic E-state index is 11.6. The van der Waals surface area contributed by atoms with E-state index < -0.39 is 0 Å². The average molecular weight is 273 g/mol. The summed E-state index contributed by atoms with van der Waals surface area (Å²) in [6, 6.07) is 1.50. The lowest BCUT2D eigenvalue weighted by Gasteiger charge is -2.23. The van der Waals surface area contributed by atoms with Crippen LogP contribution in [-0.4, -0.2) is 23.4 Å². The molecule has 5 heteroatoms. The minimum Gasteiger partial charge on any atom is -0.466 e. The summed E-state index contributed by atoms with van der Waals surface area (Å²) in [5, 5.41) is 0. The van der Waals surface area contributed by atoms with E-state index in [0.717, 1.165) is 10.2 Å². The van der Waals surface area contributed by atoms with Crippen molar-refractivity contribution in [1.29, 1.82) is 0 Å². The number of rotatable bonds is 2. The van der Waals surface area contributed by atoms with Crippen molar-refractivity contribution in [3.05, 3.63) is 22.6 Å². The van der Waals surface area contributed by atoms with Gasteiger partial charge in [-0.25, -0.2) is 0 Å². The van der Waals surface area contributed by atoms with Gasteiger partial charge < -0.3 is 15.1 Å².